The predicted octanol–water partition coefficient (Wildman–Crippen LogP) is 4.65. The Bertz CT molecular complexity index is 886. The highest BCUT2D eigenvalue weighted by atomic mass is 32.2. The quantitative estimate of drug-likeness (QED) is 0.558. The minimum atomic E-state index is -0.305. The number of rotatable bonds is 8. The second kappa shape index (κ2) is 9.64. The average molecular weight is 402 g/mol. The third kappa shape index (κ3) is 6.16. The zero-order chi connectivity index (χ0) is 19.1. The molecule has 0 radical (unpaired) electrons. The van der Waals surface area contributed by atoms with Crippen molar-refractivity contribution in [1.29, 1.82) is 0 Å². The van der Waals surface area contributed by atoms with Gasteiger partial charge in [0.1, 0.15) is 5.82 Å². The summed E-state index contributed by atoms with van der Waals surface area (Å²) in [5.74, 6) is -0.300. The van der Waals surface area contributed by atoms with Crippen LogP contribution >= 0.6 is 23.1 Å². The van der Waals surface area contributed by atoms with Gasteiger partial charge in [-0.3, -0.25) is 9.69 Å². The standard InChI is InChI=1S/C20H20FN3OS2/c1-24(11-17-12-26-14-22-17)10-15-5-4-6-16(9-15)23-20(25)13-27-19-8-3-2-7-18(19)21/h2-9,12,14H,10-11,13H2,1H3,(H,23,25). The summed E-state index contributed by atoms with van der Waals surface area (Å²) < 4.78 is 13.6. The molecule has 0 saturated heterocycles. The molecule has 0 fully saturated rings. The summed E-state index contributed by atoms with van der Waals surface area (Å²) in [6.45, 7) is 1.53. The third-order valence-electron chi connectivity index (χ3n) is 3.77. The van der Waals surface area contributed by atoms with Crippen LogP contribution in [0.4, 0.5) is 10.1 Å². The van der Waals surface area contributed by atoms with Crippen molar-refractivity contribution in [3.05, 3.63) is 76.5 Å². The topological polar surface area (TPSA) is 45.2 Å². The first-order chi connectivity index (χ1) is 13.1. The van der Waals surface area contributed by atoms with Crippen molar-refractivity contribution < 1.29 is 9.18 Å². The van der Waals surface area contributed by atoms with E-state index in [0.717, 1.165) is 30.0 Å². The normalized spacial score (nSPS) is 10.9. The first-order valence-electron chi connectivity index (χ1n) is 8.42. The highest BCUT2D eigenvalue weighted by molar-refractivity contribution is 8.00. The van der Waals surface area contributed by atoms with Crippen LogP contribution in [-0.2, 0) is 17.9 Å². The zero-order valence-electron chi connectivity index (χ0n) is 14.9. The summed E-state index contributed by atoms with van der Waals surface area (Å²) in [6, 6.07) is 14.2. The monoisotopic (exact) mass is 401 g/mol. The van der Waals surface area contributed by atoms with Crippen molar-refractivity contribution in [2.45, 2.75) is 18.0 Å². The fraction of sp³-hybridized carbons (Fsp3) is 0.200. The summed E-state index contributed by atoms with van der Waals surface area (Å²) in [5, 5.41) is 4.92. The van der Waals surface area contributed by atoms with Gasteiger partial charge in [-0.25, -0.2) is 9.37 Å². The number of benzene rings is 2. The van der Waals surface area contributed by atoms with Crippen molar-refractivity contribution in [1.82, 2.24) is 9.88 Å². The Kier molecular flexibility index (Phi) is 6.98. The second-order valence-corrected chi connectivity index (χ2v) is 7.86. The minimum absolute atomic E-state index is 0.156. The first kappa shape index (κ1) is 19.5. The van der Waals surface area contributed by atoms with E-state index in [1.54, 1.807) is 29.5 Å². The van der Waals surface area contributed by atoms with Crippen LogP contribution in [0, 0.1) is 5.82 Å². The molecule has 0 unspecified atom stereocenters. The van der Waals surface area contributed by atoms with Crippen molar-refractivity contribution in [3.8, 4) is 0 Å². The lowest BCUT2D eigenvalue weighted by Crippen LogP contribution is -2.18. The van der Waals surface area contributed by atoms with E-state index in [9.17, 15) is 9.18 Å². The Morgan fingerprint density at radius 3 is 2.85 bits per heavy atom. The first-order valence-corrected chi connectivity index (χ1v) is 10.3. The smallest absolute Gasteiger partial charge is 0.234 e. The fourth-order valence-electron chi connectivity index (χ4n) is 2.61. The molecule has 1 N–H and O–H groups in total. The molecule has 2 aromatic carbocycles. The Hall–Kier alpha value is -2.22. The van der Waals surface area contributed by atoms with Gasteiger partial charge in [-0.1, -0.05) is 24.3 Å². The molecule has 0 atom stereocenters. The number of hydrogen-bond acceptors (Lipinski definition) is 5. The maximum absolute atomic E-state index is 13.6. The molecular formula is C20H20FN3OS2. The van der Waals surface area contributed by atoms with Gasteiger partial charge in [0.25, 0.3) is 0 Å². The number of thiazole rings is 1. The summed E-state index contributed by atoms with van der Waals surface area (Å²) in [7, 11) is 2.04. The number of carbonyl (C=O) groups excluding carboxylic acids is 1. The van der Waals surface area contributed by atoms with Gasteiger partial charge in [-0.2, -0.15) is 0 Å². The van der Waals surface area contributed by atoms with Gasteiger partial charge < -0.3 is 5.32 Å². The van der Waals surface area contributed by atoms with Crippen molar-refractivity contribution in [2.75, 3.05) is 18.1 Å². The van der Waals surface area contributed by atoms with E-state index in [2.05, 4.69) is 15.2 Å². The molecule has 140 valence electrons. The lowest BCUT2D eigenvalue weighted by Gasteiger charge is -2.16. The third-order valence-corrected chi connectivity index (χ3v) is 5.46. The number of amides is 1. The van der Waals surface area contributed by atoms with Crippen LogP contribution in [0.1, 0.15) is 11.3 Å². The summed E-state index contributed by atoms with van der Waals surface area (Å²) in [5.41, 5.74) is 4.73. The number of carbonyl (C=O) groups is 1. The van der Waals surface area contributed by atoms with Crippen LogP contribution in [0.5, 0.6) is 0 Å². The van der Waals surface area contributed by atoms with Crippen molar-refractivity contribution in [3.63, 3.8) is 0 Å². The average Bonchev–Trinajstić information content (AvgIpc) is 3.14. The molecule has 0 saturated carbocycles. The van der Waals surface area contributed by atoms with Crippen LogP contribution in [-0.4, -0.2) is 28.6 Å². The number of hydrogen-bond donors (Lipinski definition) is 1. The molecule has 3 rings (SSSR count). The number of thioether (sulfide) groups is 1. The lowest BCUT2D eigenvalue weighted by molar-refractivity contribution is -0.113. The number of anilines is 1. The highest BCUT2D eigenvalue weighted by Crippen LogP contribution is 2.21. The van der Waals surface area contributed by atoms with E-state index in [1.807, 2.05) is 42.2 Å². The van der Waals surface area contributed by atoms with Gasteiger partial charge in [0, 0.05) is 29.1 Å². The van der Waals surface area contributed by atoms with Gasteiger partial charge >= 0.3 is 0 Å². The highest BCUT2D eigenvalue weighted by Gasteiger charge is 2.08. The summed E-state index contributed by atoms with van der Waals surface area (Å²) >= 11 is 2.78. The van der Waals surface area contributed by atoms with E-state index in [-0.39, 0.29) is 17.5 Å². The zero-order valence-corrected chi connectivity index (χ0v) is 16.5. The van der Waals surface area contributed by atoms with Crippen molar-refractivity contribution in [2.24, 2.45) is 0 Å². The maximum atomic E-state index is 13.6. The number of halogens is 1. The Morgan fingerprint density at radius 2 is 2.07 bits per heavy atom. The molecule has 7 heteroatoms. The van der Waals surface area contributed by atoms with E-state index >= 15 is 0 Å². The molecule has 4 nitrogen and oxygen atoms in total. The van der Waals surface area contributed by atoms with Crippen LogP contribution in [0.3, 0.4) is 0 Å². The number of nitrogens with zero attached hydrogens (tertiary/aromatic N) is 2. The molecule has 0 spiro atoms. The van der Waals surface area contributed by atoms with Crippen LogP contribution in [0.25, 0.3) is 0 Å². The van der Waals surface area contributed by atoms with Gasteiger partial charge in [0.15, 0.2) is 0 Å². The SMILES string of the molecule is CN(Cc1cccc(NC(=O)CSc2ccccc2F)c1)Cc1cscn1. The molecule has 0 aliphatic rings. The van der Waals surface area contributed by atoms with Gasteiger partial charge in [-0.15, -0.1) is 23.1 Å². The molecule has 1 aromatic heterocycles. The van der Waals surface area contributed by atoms with Crippen LogP contribution in [0.2, 0.25) is 0 Å². The minimum Gasteiger partial charge on any atom is -0.325 e. The Balaban J connectivity index is 1.52. The molecule has 0 aliphatic heterocycles. The molecule has 27 heavy (non-hydrogen) atoms. The van der Waals surface area contributed by atoms with Gasteiger partial charge in [0.05, 0.1) is 17.0 Å². The van der Waals surface area contributed by atoms with Crippen LogP contribution < -0.4 is 5.32 Å². The summed E-state index contributed by atoms with van der Waals surface area (Å²) in [6.07, 6.45) is 0. The van der Waals surface area contributed by atoms with E-state index in [4.69, 9.17) is 0 Å². The number of nitrogens with one attached hydrogen (secondary N) is 1. The van der Waals surface area contributed by atoms with E-state index in [1.165, 1.54) is 17.8 Å². The maximum Gasteiger partial charge on any atom is 0.234 e. The molecular weight excluding hydrogens is 381 g/mol. The van der Waals surface area contributed by atoms with Crippen molar-refractivity contribution >= 4 is 34.7 Å². The molecule has 1 amide bonds. The molecule has 0 aliphatic carbocycles. The van der Waals surface area contributed by atoms with Gasteiger partial charge in [0.2, 0.25) is 5.91 Å². The van der Waals surface area contributed by atoms with Crippen LogP contribution in [0.15, 0.2) is 64.3 Å². The lowest BCUT2D eigenvalue weighted by atomic mass is 10.2. The molecule has 0 bridgehead atoms. The van der Waals surface area contributed by atoms with E-state index < -0.39 is 0 Å². The molecule has 1 heterocycles. The molecule has 3 aromatic rings. The Morgan fingerprint density at radius 1 is 1.22 bits per heavy atom. The Labute approximate surface area is 166 Å². The van der Waals surface area contributed by atoms with Gasteiger partial charge in [-0.05, 0) is 36.9 Å². The fourth-order valence-corrected chi connectivity index (χ4v) is 3.90. The second-order valence-electron chi connectivity index (χ2n) is 6.12. The van der Waals surface area contributed by atoms with E-state index in [0.29, 0.717) is 4.90 Å². The number of aromatic nitrogens is 1. The predicted molar refractivity (Wildman–Crippen MR) is 109 cm³/mol. The largest absolute Gasteiger partial charge is 0.325 e. The summed E-state index contributed by atoms with van der Waals surface area (Å²) in [4.78, 5) is 19.1.